The van der Waals surface area contributed by atoms with Crippen molar-refractivity contribution >= 4 is 0 Å². The molecule has 0 aromatic rings. The molecule has 1 spiro atoms. The number of fused-ring (bicyclic) bond motifs is 1. The Kier molecular flexibility index (Phi) is 9.55. The molecule has 2 aliphatic carbocycles. The van der Waals surface area contributed by atoms with Crippen LogP contribution in [0.5, 0.6) is 0 Å². The average molecular weight is 755 g/mol. The molecule has 52 heavy (non-hydrogen) atoms. The molecule has 5 saturated heterocycles. The van der Waals surface area contributed by atoms with Crippen LogP contribution in [0.1, 0.15) is 85.0 Å². The zero-order valence-corrected chi connectivity index (χ0v) is 30.1. The van der Waals surface area contributed by atoms with Gasteiger partial charge < -0.3 is 28.4 Å². The number of piperazine rings is 1. The predicted molar refractivity (Wildman–Crippen MR) is 170 cm³/mol. The summed E-state index contributed by atoms with van der Waals surface area (Å²) < 4.78 is 124. The highest BCUT2D eigenvalue weighted by molar-refractivity contribution is 5.30. The zero-order chi connectivity index (χ0) is 36.9. The summed E-state index contributed by atoms with van der Waals surface area (Å²) in [6.07, 6.45) is -7.46. The van der Waals surface area contributed by atoms with Gasteiger partial charge in [-0.05, 0) is 88.5 Å². The first-order valence-electron chi connectivity index (χ1n) is 19.1. The van der Waals surface area contributed by atoms with Gasteiger partial charge in [0.25, 0.3) is 5.79 Å². The molecule has 8 rings (SSSR count). The van der Waals surface area contributed by atoms with Gasteiger partial charge in [-0.25, -0.2) is 4.89 Å². The minimum atomic E-state index is -4.90. The summed E-state index contributed by atoms with van der Waals surface area (Å²) in [7, 11) is 0. The SMILES string of the molecule is C[C@@H]1CC[C@H]2C(CN3CCN(CCO[C@]4(C(F)(F)F)C[C@@H]5CCCC6CCC(C)(C)O[C@@H](O4)C65OO)CC3)=C(C(F)(F)F)O[C@@H]3O[C@H]4CCC1[C@]32O4. The van der Waals surface area contributed by atoms with Crippen molar-refractivity contribution in [2.24, 2.45) is 29.6 Å². The lowest BCUT2D eigenvalue weighted by atomic mass is 9.58. The Hall–Kier alpha value is -1.24. The smallest absolute Gasteiger partial charge is 0.449 e. The molecule has 1 N–H and O–H groups in total. The van der Waals surface area contributed by atoms with Gasteiger partial charge in [0, 0.05) is 57.5 Å². The molecule has 296 valence electrons. The molecular weight excluding hydrogens is 702 g/mol. The highest BCUT2D eigenvalue weighted by Gasteiger charge is 2.72. The standard InChI is InChI=1S/C36H52F6N2O8/c1-21-7-8-26-24(28(35(37,38)39)48-29-34(26)25(21)9-10-27(47-29)49-34)20-44-15-13-43(14-16-44)17-18-46-32(36(40,41)42)19-23-6-4-5-22-11-12-31(2,3)50-30(51-32)33(22,23)52-45/h21-23,25-27,29-30,45H,4-20H2,1-3H3/t21-,22?,23+,25?,26+,27-,29+,30+,32-,33?,34-/m1/s1. The van der Waals surface area contributed by atoms with Gasteiger partial charge in [-0.2, -0.15) is 26.3 Å². The third-order valence-corrected chi connectivity index (χ3v) is 13.9. The Morgan fingerprint density at radius 3 is 2.29 bits per heavy atom. The number of hydrogen-bond acceptors (Lipinski definition) is 10. The molecule has 16 heteroatoms. The van der Waals surface area contributed by atoms with E-state index in [4.69, 9.17) is 33.3 Å². The lowest BCUT2D eigenvalue weighted by Gasteiger charge is -2.57. The van der Waals surface area contributed by atoms with Crippen molar-refractivity contribution in [1.82, 2.24) is 9.80 Å². The molecule has 0 radical (unpaired) electrons. The van der Waals surface area contributed by atoms with Crippen LogP contribution in [0.15, 0.2) is 11.3 Å². The van der Waals surface area contributed by atoms with E-state index in [1.807, 2.05) is 9.80 Å². The Balaban J connectivity index is 0.933. The largest absolute Gasteiger partial charge is 0.456 e. The quantitative estimate of drug-likeness (QED) is 0.174. The number of ether oxygens (including phenoxy) is 6. The van der Waals surface area contributed by atoms with E-state index in [9.17, 15) is 31.6 Å². The van der Waals surface area contributed by atoms with Crippen molar-refractivity contribution in [2.45, 2.75) is 139 Å². The lowest BCUT2D eigenvalue weighted by molar-refractivity contribution is -0.503. The van der Waals surface area contributed by atoms with Crippen molar-refractivity contribution in [2.75, 3.05) is 45.9 Å². The van der Waals surface area contributed by atoms with E-state index in [0.717, 1.165) is 12.8 Å². The molecule has 6 heterocycles. The second-order valence-corrected chi connectivity index (χ2v) is 17.2. The van der Waals surface area contributed by atoms with Gasteiger partial charge in [0.15, 0.2) is 18.2 Å². The van der Waals surface area contributed by atoms with E-state index in [0.29, 0.717) is 71.1 Å². The van der Waals surface area contributed by atoms with E-state index in [2.05, 4.69) is 6.92 Å². The molecule has 6 aliphatic heterocycles. The van der Waals surface area contributed by atoms with Crippen LogP contribution in [0.25, 0.3) is 0 Å². The molecule has 0 aromatic carbocycles. The highest BCUT2D eigenvalue weighted by atomic mass is 19.4. The van der Waals surface area contributed by atoms with Gasteiger partial charge in [-0.3, -0.25) is 15.1 Å². The Morgan fingerprint density at radius 1 is 0.846 bits per heavy atom. The molecule has 10 nitrogen and oxygen atoms in total. The fourth-order valence-electron chi connectivity index (χ4n) is 11.3. The van der Waals surface area contributed by atoms with Crippen LogP contribution < -0.4 is 0 Å². The summed E-state index contributed by atoms with van der Waals surface area (Å²) >= 11 is 0. The molecule has 7 fully saturated rings. The van der Waals surface area contributed by atoms with E-state index in [1.54, 1.807) is 13.8 Å². The van der Waals surface area contributed by atoms with E-state index in [1.165, 1.54) is 0 Å². The fraction of sp³-hybridized carbons (Fsp3) is 0.944. The molecule has 2 bridgehead atoms. The van der Waals surface area contributed by atoms with Gasteiger partial charge >= 0.3 is 12.4 Å². The van der Waals surface area contributed by atoms with E-state index < -0.39 is 77.8 Å². The van der Waals surface area contributed by atoms with Crippen molar-refractivity contribution < 1.29 is 64.9 Å². The summed E-state index contributed by atoms with van der Waals surface area (Å²) in [5.41, 5.74) is -2.94. The van der Waals surface area contributed by atoms with Gasteiger partial charge in [-0.15, -0.1) is 0 Å². The maximum absolute atomic E-state index is 15.0. The summed E-state index contributed by atoms with van der Waals surface area (Å²) in [5.74, 6) is -5.02. The van der Waals surface area contributed by atoms with Crippen molar-refractivity contribution in [3.05, 3.63) is 11.3 Å². The average Bonchev–Trinajstić information content (AvgIpc) is 3.29. The van der Waals surface area contributed by atoms with Crippen molar-refractivity contribution in [1.29, 1.82) is 0 Å². The maximum Gasteiger partial charge on any atom is 0.449 e. The number of rotatable bonds is 7. The van der Waals surface area contributed by atoms with Crippen LogP contribution >= 0.6 is 0 Å². The van der Waals surface area contributed by atoms with Crippen LogP contribution in [-0.4, -0.2) is 115 Å². The van der Waals surface area contributed by atoms with Gasteiger partial charge in [0.05, 0.1) is 12.2 Å². The molecular formula is C36H52F6N2O8. The lowest BCUT2D eigenvalue weighted by Crippen LogP contribution is -2.70. The minimum Gasteiger partial charge on any atom is -0.456 e. The molecule has 0 amide bonds. The third-order valence-electron chi connectivity index (χ3n) is 13.9. The van der Waals surface area contributed by atoms with E-state index in [-0.39, 0.29) is 43.0 Å². The van der Waals surface area contributed by atoms with E-state index >= 15 is 0 Å². The van der Waals surface area contributed by atoms with Gasteiger partial charge in [0.2, 0.25) is 12.0 Å². The monoisotopic (exact) mass is 754 g/mol. The number of alkyl halides is 6. The molecule has 3 unspecified atom stereocenters. The summed E-state index contributed by atoms with van der Waals surface area (Å²) in [6, 6.07) is 0. The van der Waals surface area contributed by atoms with Crippen molar-refractivity contribution in [3.63, 3.8) is 0 Å². The third kappa shape index (κ3) is 6.03. The molecule has 11 atom stereocenters. The van der Waals surface area contributed by atoms with Crippen LogP contribution in [0.3, 0.4) is 0 Å². The second kappa shape index (κ2) is 13.2. The molecule has 0 aromatic heterocycles. The Morgan fingerprint density at radius 2 is 1.58 bits per heavy atom. The minimum absolute atomic E-state index is 0.0394. The number of halogens is 6. The van der Waals surface area contributed by atoms with Crippen LogP contribution in [0, 0.1) is 29.6 Å². The van der Waals surface area contributed by atoms with Crippen LogP contribution in [0.2, 0.25) is 0 Å². The molecule has 8 aliphatic rings. The number of hydrogen-bond donors (Lipinski definition) is 1. The van der Waals surface area contributed by atoms with Gasteiger partial charge in [0.1, 0.15) is 5.60 Å². The van der Waals surface area contributed by atoms with Crippen molar-refractivity contribution in [3.8, 4) is 0 Å². The zero-order valence-electron chi connectivity index (χ0n) is 30.1. The Labute approximate surface area is 300 Å². The van der Waals surface area contributed by atoms with Crippen LogP contribution in [-0.2, 0) is 33.3 Å². The molecule has 2 saturated carbocycles. The second-order valence-electron chi connectivity index (χ2n) is 17.2. The highest BCUT2D eigenvalue weighted by Crippen LogP contribution is 2.62. The fourth-order valence-corrected chi connectivity index (χ4v) is 11.3. The summed E-state index contributed by atoms with van der Waals surface area (Å²) in [4.78, 5) is 9.03. The predicted octanol–water partition coefficient (Wildman–Crippen LogP) is 6.60. The van der Waals surface area contributed by atoms with Gasteiger partial charge in [-0.1, -0.05) is 13.3 Å². The normalized spacial score (nSPS) is 45.2. The first-order valence-corrected chi connectivity index (χ1v) is 19.1. The topological polar surface area (TPSA) is 91.3 Å². The Bertz CT molecular complexity index is 1370. The first kappa shape index (κ1) is 37.7. The summed E-state index contributed by atoms with van der Waals surface area (Å²) in [6.45, 7) is 7.37. The first-order chi connectivity index (χ1) is 24.5. The summed E-state index contributed by atoms with van der Waals surface area (Å²) in [5, 5.41) is 10.2. The van der Waals surface area contributed by atoms with Crippen LogP contribution in [0.4, 0.5) is 26.3 Å². The number of nitrogens with zero attached hydrogens (tertiary/aromatic N) is 2. The number of allylic oxidation sites excluding steroid dienone is 1. The maximum atomic E-state index is 15.0.